The Balaban J connectivity index is 2.63. The third-order valence-electron chi connectivity index (χ3n) is 2.76. The molecule has 0 spiro atoms. The Bertz CT molecular complexity index is 297. The molecule has 0 aromatic heterocycles. The van der Waals surface area contributed by atoms with Crippen molar-refractivity contribution in [2.75, 3.05) is 19.0 Å². The highest BCUT2D eigenvalue weighted by atomic mass is 32.3. The predicted octanol–water partition coefficient (Wildman–Crippen LogP) is 1.26. The molecule has 90 valence electrons. The summed E-state index contributed by atoms with van der Waals surface area (Å²) >= 11 is 0. The molecule has 1 heterocycles. The van der Waals surface area contributed by atoms with Gasteiger partial charge in [-0.1, -0.05) is 13.8 Å². The zero-order chi connectivity index (χ0) is 11.5. The normalized spacial score (nSPS) is 26.5. The molecule has 1 saturated heterocycles. The predicted molar refractivity (Wildman–Crippen MR) is 53.9 cm³/mol. The fourth-order valence-electron chi connectivity index (χ4n) is 1.72. The van der Waals surface area contributed by atoms with Gasteiger partial charge in [0.2, 0.25) is 0 Å². The smallest absolute Gasteiger partial charge is 0.305 e. The molecule has 6 heteroatoms. The largest absolute Gasteiger partial charge is 0.376 e. The van der Waals surface area contributed by atoms with Gasteiger partial charge in [-0.2, -0.15) is 8.42 Å². The van der Waals surface area contributed by atoms with Crippen LogP contribution >= 0.6 is 0 Å². The third kappa shape index (κ3) is 3.70. The van der Waals surface area contributed by atoms with Gasteiger partial charge < -0.3 is 9.47 Å². The van der Waals surface area contributed by atoms with Crippen LogP contribution in [0.1, 0.15) is 26.7 Å². The summed E-state index contributed by atoms with van der Waals surface area (Å²) in [5.74, 6) is -0.616. The van der Waals surface area contributed by atoms with Crippen LogP contribution in [0.3, 0.4) is 0 Å². The van der Waals surface area contributed by atoms with Gasteiger partial charge in [0.05, 0.1) is 24.9 Å². The highest BCUT2D eigenvalue weighted by Crippen LogP contribution is 2.27. The molecule has 1 aliphatic rings. The second-order valence-corrected chi connectivity index (χ2v) is 5.26. The van der Waals surface area contributed by atoms with Crippen molar-refractivity contribution in [2.45, 2.75) is 38.4 Å². The van der Waals surface area contributed by atoms with Gasteiger partial charge in [-0.05, 0) is 12.8 Å². The van der Waals surface area contributed by atoms with E-state index in [9.17, 15) is 12.3 Å². The number of ether oxygens (including phenoxy) is 2. The monoisotopic (exact) mass is 240 g/mol. The van der Waals surface area contributed by atoms with Crippen LogP contribution in [-0.2, 0) is 19.7 Å². The molecule has 1 aliphatic heterocycles. The lowest BCUT2D eigenvalue weighted by atomic mass is 9.97. The van der Waals surface area contributed by atoms with Gasteiger partial charge in [0.15, 0.2) is 0 Å². The van der Waals surface area contributed by atoms with Crippen molar-refractivity contribution in [1.82, 2.24) is 0 Å². The van der Waals surface area contributed by atoms with Gasteiger partial charge in [0.25, 0.3) is 0 Å². The highest BCUT2D eigenvalue weighted by molar-refractivity contribution is 7.86. The lowest BCUT2D eigenvalue weighted by Crippen LogP contribution is -2.48. The van der Waals surface area contributed by atoms with E-state index in [1.165, 1.54) is 0 Å². The molecule has 1 atom stereocenters. The molecule has 0 aromatic carbocycles. The summed E-state index contributed by atoms with van der Waals surface area (Å²) < 4.78 is 44.3. The lowest BCUT2D eigenvalue weighted by molar-refractivity contribution is -0.194. The van der Waals surface area contributed by atoms with E-state index in [2.05, 4.69) is 0 Å². The summed E-state index contributed by atoms with van der Waals surface area (Å²) in [7, 11) is -4.50. The minimum atomic E-state index is -4.50. The van der Waals surface area contributed by atoms with Crippen LogP contribution in [0.25, 0.3) is 0 Å². The Hall–Kier alpha value is -0.200. The minimum Gasteiger partial charge on any atom is -0.376 e. The maximum Gasteiger partial charge on any atom is 0.305 e. The molecule has 1 unspecified atom stereocenters. The Morgan fingerprint density at radius 2 is 2.00 bits per heavy atom. The molecule has 0 aliphatic carbocycles. The van der Waals surface area contributed by atoms with Crippen molar-refractivity contribution >= 4 is 10.2 Å². The van der Waals surface area contributed by atoms with Crippen LogP contribution in [0.5, 0.6) is 0 Å². The average Bonchev–Trinajstić information content (AvgIpc) is 2.15. The van der Waals surface area contributed by atoms with Crippen molar-refractivity contribution in [3.8, 4) is 0 Å². The zero-order valence-electron chi connectivity index (χ0n) is 9.03. The second kappa shape index (κ2) is 4.76. The van der Waals surface area contributed by atoms with Crippen LogP contribution in [-0.4, -0.2) is 39.1 Å². The van der Waals surface area contributed by atoms with Crippen molar-refractivity contribution in [2.24, 2.45) is 0 Å². The molecule has 0 aromatic rings. The Labute approximate surface area is 90.0 Å². The van der Waals surface area contributed by atoms with Crippen molar-refractivity contribution in [3.63, 3.8) is 0 Å². The van der Waals surface area contributed by atoms with Crippen LogP contribution in [0.15, 0.2) is 0 Å². The van der Waals surface area contributed by atoms with Gasteiger partial charge in [-0.25, -0.2) is 0 Å². The standard InChI is InChI=1S/C9H17FO4S/c1-3-9(4-2)7-13-5-8(14-9)6-15(10,11)12/h8H,3-7H2,1-2H3. The number of rotatable bonds is 4. The van der Waals surface area contributed by atoms with E-state index in [1.54, 1.807) is 0 Å². The van der Waals surface area contributed by atoms with Crippen molar-refractivity contribution < 1.29 is 21.8 Å². The molecule has 4 nitrogen and oxygen atoms in total. The topological polar surface area (TPSA) is 52.6 Å². The first kappa shape index (κ1) is 12.9. The van der Waals surface area contributed by atoms with Gasteiger partial charge in [0.1, 0.15) is 5.75 Å². The first-order chi connectivity index (χ1) is 6.91. The number of hydrogen-bond acceptors (Lipinski definition) is 4. The van der Waals surface area contributed by atoms with E-state index in [0.29, 0.717) is 6.61 Å². The fourth-order valence-corrected chi connectivity index (χ4v) is 2.33. The third-order valence-corrected chi connectivity index (χ3v) is 3.53. The molecule has 15 heavy (non-hydrogen) atoms. The fraction of sp³-hybridized carbons (Fsp3) is 1.00. The maximum absolute atomic E-state index is 12.5. The molecule has 0 N–H and O–H groups in total. The summed E-state index contributed by atoms with van der Waals surface area (Å²) in [5, 5.41) is 0. The SMILES string of the molecule is CCC1(CC)COCC(CS(=O)(=O)F)O1. The molecule has 1 rings (SSSR count). The Morgan fingerprint density at radius 3 is 2.47 bits per heavy atom. The molecule has 0 bridgehead atoms. The van der Waals surface area contributed by atoms with E-state index in [-0.39, 0.29) is 6.61 Å². The second-order valence-electron chi connectivity index (χ2n) is 3.85. The van der Waals surface area contributed by atoms with E-state index in [1.807, 2.05) is 13.8 Å². The number of hydrogen-bond donors (Lipinski definition) is 0. The maximum atomic E-state index is 12.5. The van der Waals surface area contributed by atoms with Crippen molar-refractivity contribution in [3.05, 3.63) is 0 Å². The molecule has 0 radical (unpaired) electrons. The lowest BCUT2D eigenvalue weighted by Gasteiger charge is -2.39. The molecule has 1 fully saturated rings. The minimum absolute atomic E-state index is 0.144. The summed E-state index contributed by atoms with van der Waals surface area (Å²) in [4.78, 5) is 0. The van der Waals surface area contributed by atoms with E-state index in [4.69, 9.17) is 9.47 Å². The number of halogens is 1. The van der Waals surface area contributed by atoms with Gasteiger partial charge in [0, 0.05) is 0 Å². The van der Waals surface area contributed by atoms with Crippen molar-refractivity contribution in [1.29, 1.82) is 0 Å². The summed E-state index contributed by atoms with van der Waals surface area (Å²) in [6.45, 7) is 4.48. The molecular weight excluding hydrogens is 223 g/mol. The first-order valence-corrected chi connectivity index (χ1v) is 6.64. The summed E-state index contributed by atoms with van der Waals surface area (Å²) in [6, 6.07) is 0. The molecule has 0 amide bonds. The first-order valence-electron chi connectivity index (χ1n) is 5.08. The zero-order valence-corrected chi connectivity index (χ0v) is 9.85. The van der Waals surface area contributed by atoms with E-state index in [0.717, 1.165) is 12.8 Å². The van der Waals surface area contributed by atoms with Crippen LogP contribution < -0.4 is 0 Å². The Morgan fingerprint density at radius 1 is 1.40 bits per heavy atom. The molecular formula is C9H17FO4S. The van der Waals surface area contributed by atoms with Gasteiger partial charge in [-0.3, -0.25) is 0 Å². The summed E-state index contributed by atoms with van der Waals surface area (Å²) in [6.07, 6.45) is 0.771. The van der Waals surface area contributed by atoms with E-state index >= 15 is 0 Å². The van der Waals surface area contributed by atoms with Crippen LogP contribution in [0, 0.1) is 0 Å². The Kier molecular flexibility index (Phi) is 4.08. The van der Waals surface area contributed by atoms with Gasteiger partial charge >= 0.3 is 10.2 Å². The van der Waals surface area contributed by atoms with Crippen LogP contribution in [0.2, 0.25) is 0 Å². The van der Waals surface area contributed by atoms with Crippen LogP contribution in [0.4, 0.5) is 3.89 Å². The quantitative estimate of drug-likeness (QED) is 0.694. The molecule has 0 saturated carbocycles. The van der Waals surface area contributed by atoms with Gasteiger partial charge in [-0.15, -0.1) is 3.89 Å². The average molecular weight is 240 g/mol. The highest BCUT2D eigenvalue weighted by Gasteiger charge is 2.36. The summed E-state index contributed by atoms with van der Waals surface area (Å²) in [5.41, 5.74) is -0.451. The van der Waals surface area contributed by atoms with E-state index < -0.39 is 27.7 Å².